The third-order valence-corrected chi connectivity index (χ3v) is 5.78. The minimum Gasteiger partial charge on any atom is -0.300 e. The molecule has 2 fully saturated rings. The van der Waals surface area contributed by atoms with Gasteiger partial charge in [0.25, 0.3) is 0 Å². The molecule has 0 aromatic heterocycles. The van der Waals surface area contributed by atoms with E-state index in [0.29, 0.717) is 5.25 Å². The first-order valence-corrected chi connectivity index (χ1v) is 8.11. The number of nitriles is 1. The zero-order valence-corrected chi connectivity index (χ0v) is 11.7. The summed E-state index contributed by atoms with van der Waals surface area (Å²) in [6.07, 6.45) is 9.07. The number of rotatable bonds is 5. The second-order valence-electron chi connectivity index (χ2n) is 5.57. The van der Waals surface area contributed by atoms with Gasteiger partial charge >= 0.3 is 0 Å². The molecule has 96 valence electrons. The van der Waals surface area contributed by atoms with Gasteiger partial charge in [-0.3, -0.25) is 5.32 Å². The molecule has 2 rings (SSSR count). The topological polar surface area (TPSA) is 35.8 Å². The molecule has 0 amide bonds. The summed E-state index contributed by atoms with van der Waals surface area (Å²) in [5.74, 6) is 2.30. The number of hydrogen-bond acceptors (Lipinski definition) is 3. The van der Waals surface area contributed by atoms with Crippen LogP contribution in [0, 0.1) is 17.2 Å². The molecule has 0 heterocycles. The Hall–Kier alpha value is -0.200. The summed E-state index contributed by atoms with van der Waals surface area (Å²) < 4.78 is 0. The van der Waals surface area contributed by atoms with Gasteiger partial charge in [0.05, 0.1) is 6.07 Å². The molecule has 0 radical (unpaired) electrons. The van der Waals surface area contributed by atoms with Gasteiger partial charge in [0.15, 0.2) is 0 Å². The maximum absolute atomic E-state index is 9.32. The van der Waals surface area contributed by atoms with Crippen molar-refractivity contribution in [2.45, 2.75) is 62.7 Å². The Kier molecular flexibility index (Phi) is 4.76. The van der Waals surface area contributed by atoms with E-state index >= 15 is 0 Å². The first-order valence-electron chi connectivity index (χ1n) is 7.06. The number of nitrogens with one attached hydrogen (secondary N) is 1. The summed E-state index contributed by atoms with van der Waals surface area (Å²) in [6.45, 7) is 3.01. The van der Waals surface area contributed by atoms with Crippen LogP contribution in [0.2, 0.25) is 0 Å². The van der Waals surface area contributed by atoms with Crippen molar-refractivity contribution in [2.24, 2.45) is 5.92 Å². The van der Waals surface area contributed by atoms with Crippen molar-refractivity contribution in [3.05, 3.63) is 0 Å². The monoisotopic (exact) mass is 252 g/mol. The average Bonchev–Trinajstić information content (AvgIpc) is 2.96. The predicted molar refractivity (Wildman–Crippen MR) is 74.1 cm³/mol. The molecule has 0 aromatic carbocycles. The van der Waals surface area contributed by atoms with Crippen LogP contribution in [0.15, 0.2) is 0 Å². The molecule has 2 aliphatic carbocycles. The van der Waals surface area contributed by atoms with Gasteiger partial charge in [0, 0.05) is 5.25 Å². The highest BCUT2D eigenvalue weighted by Gasteiger charge is 2.39. The lowest BCUT2D eigenvalue weighted by molar-refractivity contribution is 0.436. The zero-order valence-electron chi connectivity index (χ0n) is 10.9. The molecule has 0 aliphatic heterocycles. The van der Waals surface area contributed by atoms with Crippen LogP contribution in [0.25, 0.3) is 0 Å². The summed E-state index contributed by atoms with van der Waals surface area (Å²) in [7, 11) is 0. The summed E-state index contributed by atoms with van der Waals surface area (Å²) in [5.41, 5.74) is -0.206. The van der Waals surface area contributed by atoms with Crippen LogP contribution in [0.5, 0.6) is 0 Å². The maximum atomic E-state index is 9.32. The Balaban J connectivity index is 1.75. The van der Waals surface area contributed by atoms with Crippen molar-refractivity contribution >= 4 is 11.8 Å². The lowest BCUT2D eigenvalue weighted by Gasteiger charge is -2.22. The predicted octanol–water partition coefficient (Wildman–Crippen LogP) is 3.33. The van der Waals surface area contributed by atoms with E-state index in [1.54, 1.807) is 0 Å². The summed E-state index contributed by atoms with van der Waals surface area (Å²) >= 11 is 2.13. The van der Waals surface area contributed by atoms with E-state index in [4.69, 9.17) is 0 Å². The minimum atomic E-state index is -0.206. The lowest BCUT2D eigenvalue weighted by Crippen LogP contribution is -2.41. The fraction of sp³-hybridized carbons (Fsp3) is 0.929. The molecule has 0 saturated heterocycles. The van der Waals surface area contributed by atoms with E-state index in [1.165, 1.54) is 37.9 Å². The van der Waals surface area contributed by atoms with E-state index in [2.05, 4.69) is 30.1 Å². The fourth-order valence-corrected chi connectivity index (χ4v) is 4.80. The van der Waals surface area contributed by atoms with Crippen LogP contribution < -0.4 is 5.32 Å². The fourth-order valence-electron chi connectivity index (χ4n) is 3.23. The molecule has 2 unspecified atom stereocenters. The van der Waals surface area contributed by atoms with Gasteiger partial charge in [-0.25, -0.2) is 0 Å². The molecule has 1 N–H and O–H groups in total. The normalized spacial score (nSPS) is 34.0. The van der Waals surface area contributed by atoms with E-state index in [0.717, 1.165) is 25.3 Å². The highest BCUT2D eigenvalue weighted by molar-refractivity contribution is 7.99. The van der Waals surface area contributed by atoms with Gasteiger partial charge < -0.3 is 0 Å². The molecule has 2 saturated carbocycles. The molecule has 0 spiro atoms. The van der Waals surface area contributed by atoms with Crippen molar-refractivity contribution in [1.82, 2.24) is 5.32 Å². The van der Waals surface area contributed by atoms with Crippen LogP contribution in [0.3, 0.4) is 0 Å². The van der Waals surface area contributed by atoms with Crippen molar-refractivity contribution in [2.75, 3.05) is 12.3 Å². The highest BCUT2D eigenvalue weighted by Crippen LogP contribution is 2.39. The van der Waals surface area contributed by atoms with Crippen molar-refractivity contribution in [3.63, 3.8) is 0 Å². The van der Waals surface area contributed by atoms with E-state index in [1.807, 2.05) is 0 Å². The second kappa shape index (κ2) is 6.11. The molecule has 3 heteroatoms. The van der Waals surface area contributed by atoms with Gasteiger partial charge in [0.1, 0.15) is 5.54 Å². The molecule has 2 nitrogen and oxygen atoms in total. The number of nitrogens with zero attached hydrogens (tertiary/aromatic N) is 1. The molecular formula is C14H24N2S. The van der Waals surface area contributed by atoms with Gasteiger partial charge in [-0.1, -0.05) is 19.8 Å². The van der Waals surface area contributed by atoms with Gasteiger partial charge in [-0.05, 0) is 50.3 Å². The Morgan fingerprint density at radius 2 is 2.12 bits per heavy atom. The lowest BCUT2D eigenvalue weighted by atomic mass is 10.0. The Bertz CT molecular complexity index is 280. The SMILES string of the molecule is CCNC1(C#N)CCC(SCC2CCCC2)C1. The molecular weight excluding hydrogens is 228 g/mol. The second-order valence-corrected chi connectivity index (χ2v) is 6.91. The third kappa shape index (κ3) is 3.39. The van der Waals surface area contributed by atoms with Crippen molar-refractivity contribution in [1.29, 1.82) is 5.26 Å². The quantitative estimate of drug-likeness (QED) is 0.815. The third-order valence-electron chi connectivity index (χ3n) is 4.24. The van der Waals surface area contributed by atoms with Crippen molar-refractivity contribution in [3.8, 4) is 6.07 Å². The average molecular weight is 252 g/mol. The van der Waals surface area contributed by atoms with E-state index < -0.39 is 0 Å². The zero-order chi connectivity index (χ0) is 12.1. The summed E-state index contributed by atoms with van der Waals surface area (Å²) in [5, 5.41) is 13.4. The maximum Gasteiger partial charge on any atom is 0.107 e. The largest absolute Gasteiger partial charge is 0.300 e. The minimum absolute atomic E-state index is 0.206. The van der Waals surface area contributed by atoms with Crippen LogP contribution in [0.4, 0.5) is 0 Å². The number of hydrogen-bond donors (Lipinski definition) is 1. The molecule has 2 atom stereocenters. The van der Waals surface area contributed by atoms with E-state index in [-0.39, 0.29) is 5.54 Å². The Morgan fingerprint density at radius 3 is 2.76 bits per heavy atom. The Morgan fingerprint density at radius 1 is 1.35 bits per heavy atom. The molecule has 2 aliphatic rings. The van der Waals surface area contributed by atoms with Crippen molar-refractivity contribution < 1.29 is 0 Å². The van der Waals surface area contributed by atoms with Gasteiger partial charge in [-0.2, -0.15) is 17.0 Å². The summed E-state index contributed by atoms with van der Waals surface area (Å²) in [6, 6.07) is 2.51. The van der Waals surface area contributed by atoms with Crippen LogP contribution in [-0.2, 0) is 0 Å². The standard InChI is InChI=1S/C14H24N2S/c1-2-16-14(11-15)8-7-13(9-14)17-10-12-5-3-4-6-12/h12-13,16H,2-10H2,1H3. The first-order chi connectivity index (χ1) is 8.28. The molecule has 0 aromatic rings. The van der Waals surface area contributed by atoms with E-state index in [9.17, 15) is 5.26 Å². The van der Waals surface area contributed by atoms with Crippen LogP contribution >= 0.6 is 11.8 Å². The number of thioether (sulfide) groups is 1. The smallest absolute Gasteiger partial charge is 0.107 e. The Labute approximate surface area is 110 Å². The van der Waals surface area contributed by atoms with Gasteiger partial charge in [-0.15, -0.1) is 0 Å². The molecule has 0 bridgehead atoms. The van der Waals surface area contributed by atoms with Crippen LogP contribution in [0.1, 0.15) is 51.9 Å². The molecule has 17 heavy (non-hydrogen) atoms. The van der Waals surface area contributed by atoms with Crippen LogP contribution in [-0.4, -0.2) is 23.1 Å². The summed E-state index contributed by atoms with van der Waals surface area (Å²) in [4.78, 5) is 0. The highest BCUT2D eigenvalue weighted by atomic mass is 32.2. The first kappa shape index (κ1) is 13.2. The van der Waals surface area contributed by atoms with Gasteiger partial charge in [0.2, 0.25) is 0 Å².